The molecular weight excluding hydrogens is 166 g/mol. The highest BCUT2D eigenvalue weighted by Crippen LogP contribution is 2.09. The normalized spacial score (nSPS) is 15.4. The molecule has 0 amide bonds. The number of aryl methyl sites for hydroxylation is 1. The molecule has 2 N–H and O–H groups in total. The van der Waals surface area contributed by atoms with Gasteiger partial charge in [-0.25, -0.2) is 4.98 Å². The molecule has 0 aromatic carbocycles. The number of nitrogens with two attached hydrogens (primary N) is 1. The number of nitrogens with zero attached hydrogens (tertiary/aromatic N) is 2. The Morgan fingerprint density at radius 3 is 2.85 bits per heavy atom. The molecule has 0 radical (unpaired) electrons. The number of hydrogen-bond donors (Lipinski definition) is 1. The largest absolute Gasteiger partial charge is 0.463 e. The summed E-state index contributed by atoms with van der Waals surface area (Å²) in [6, 6.07) is 0.616. The minimum Gasteiger partial charge on any atom is -0.463 e. The molecule has 0 saturated carbocycles. The van der Waals surface area contributed by atoms with Gasteiger partial charge in [0.1, 0.15) is 6.61 Å². The van der Waals surface area contributed by atoms with Crippen LogP contribution < -0.4 is 10.5 Å². The van der Waals surface area contributed by atoms with Crippen LogP contribution >= 0.6 is 0 Å². The number of rotatable bonds is 4. The molecule has 1 atom stereocenters. The summed E-state index contributed by atoms with van der Waals surface area (Å²) >= 11 is 0. The average molecular weight is 183 g/mol. The minimum absolute atomic E-state index is 0.272. The van der Waals surface area contributed by atoms with E-state index >= 15 is 0 Å². The van der Waals surface area contributed by atoms with Gasteiger partial charge in [0.25, 0.3) is 6.01 Å². The summed E-state index contributed by atoms with van der Waals surface area (Å²) in [4.78, 5) is 4.04. The Morgan fingerprint density at radius 1 is 1.69 bits per heavy atom. The lowest BCUT2D eigenvalue weighted by Gasteiger charge is -2.22. The summed E-state index contributed by atoms with van der Waals surface area (Å²) in [6.45, 7) is 4.51. The fourth-order valence-electron chi connectivity index (χ4n) is 0.822. The van der Waals surface area contributed by atoms with Crippen LogP contribution in [0.2, 0.25) is 0 Å². The highest BCUT2D eigenvalue weighted by Gasteiger charge is 2.17. The van der Waals surface area contributed by atoms with Crippen LogP contribution in [-0.4, -0.2) is 21.7 Å². The summed E-state index contributed by atoms with van der Waals surface area (Å²) in [6.07, 6.45) is 4.43. The number of ether oxygens (including phenoxy) is 1. The van der Waals surface area contributed by atoms with Crippen molar-refractivity contribution in [1.29, 1.82) is 0 Å². The van der Waals surface area contributed by atoms with Gasteiger partial charge in [-0.3, -0.25) is 0 Å². The summed E-state index contributed by atoms with van der Waals surface area (Å²) in [5.74, 6) is 0. The third-order valence-electron chi connectivity index (χ3n) is 2.12. The first-order valence-electron chi connectivity index (χ1n) is 4.44. The molecule has 0 aliphatic carbocycles. The molecule has 4 heteroatoms. The second kappa shape index (κ2) is 3.79. The Labute approximate surface area is 78.7 Å². The fraction of sp³-hybridized carbons (Fsp3) is 0.667. The van der Waals surface area contributed by atoms with Crippen LogP contribution in [-0.2, 0) is 7.05 Å². The molecule has 1 aromatic heterocycles. The molecule has 0 bridgehead atoms. The monoisotopic (exact) mass is 183 g/mol. The predicted molar refractivity (Wildman–Crippen MR) is 51.6 cm³/mol. The van der Waals surface area contributed by atoms with Crippen molar-refractivity contribution in [1.82, 2.24) is 9.55 Å². The Morgan fingerprint density at radius 2 is 2.38 bits per heavy atom. The maximum absolute atomic E-state index is 5.92. The second-order valence-electron chi connectivity index (χ2n) is 3.62. The molecule has 1 heterocycles. The van der Waals surface area contributed by atoms with Crippen LogP contribution in [0.5, 0.6) is 6.01 Å². The van der Waals surface area contributed by atoms with Gasteiger partial charge in [0.2, 0.25) is 0 Å². The first-order chi connectivity index (χ1) is 6.05. The highest BCUT2D eigenvalue weighted by atomic mass is 16.5. The summed E-state index contributed by atoms with van der Waals surface area (Å²) in [5, 5.41) is 0. The maximum atomic E-state index is 5.92. The average Bonchev–Trinajstić information content (AvgIpc) is 2.48. The zero-order chi connectivity index (χ0) is 9.90. The van der Waals surface area contributed by atoms with Crippen LogP contribution in [0.15, 0.2) is 12.4 Å². The minimum atomic E-state index is -0.272. The summed E-state index contributed by atoms with van der Waals surface area (Å²) in [5.41, 5.74) is 5.65. The lowest BCUT2D eigenvalue weighted by molar-refractivity contribution is 0.205. The SMILES string of the molecule is CCC(C)(N)COc1nccn1C. The van der Waals surface area contributed by atoms with Gasteiger partial charge >= 0.3 is 0 Å². The predicted octanol–water partition coefficient (Wildman–Crippen LogP) is 0.926. The molecular formula is C9H17N3O. The van der Waals surface area contributed by atoms with Gasteiger partial charge in [-0.1, -0.05) is 6.92 Å². The summed E-state index contributed by atoms with van der Waals surface area (Å²) in [7, 11) is 1.89. The van der Waals surface area contributed by atoms with Crippen molar-refractivity contribution in [2.45, 2.75) is 25.8 Å². The first kappa shape index (κ1) is 10.1. The Balaban J connectivity index is 2.48. The van der Waals surface area contributed by atoms with Crippen molar-refractivity contribution < 1.29 is 4.74 Å². The van der Waals surface area contributed by atoms with E-state index in [0.29, 0.717) is 12.6 Å². The molecule has 1 rings (SSSR count). The topological polar surface area (TPSA) is 53.1 Å². The van der Waals surface area contributed by atoms with E-state index < -0.39 is 0 Å². The molecule has 0 fully saturated rings. The molecule has 1 aromatic rings. The maximum Gasteiger partial charge on any atom is 0.296 e. The van der Waals surface area contributed by atoms with E-state index in [0.717, 1.165) is 6.42 Å². The van der Waals surface area contributed by atoms with Gasteiger partial charge in [0.15, 0.2) is 0 Å². The van der Waals surface area contributed by atoms with Gasteiger partial charge in [-0.15, -0.1) is 0 Å². The second-order valence-corrected chi connectivity index (χ2v) is 3.62. The Hall–Kier alpha value is -1.03. The van der Waals surface area contributed by atoms with Gasteiger partial charge < -0.3 is 15.0 Å². The van der Waals surface area contributed by atoms with Crippen molar-refractivity contribution in [3.63, 3.8) is 0 Å². The molecule has 13 heavy (non-hydrogen) atoms. The van der Waals surface area contributed by atoms with Crippen LogP contribution in [0.3, 0.4) is 0 Å². The molecule has 0 aliphatic rings. The highest BCUT2D eigenvalue weighted by molar-refractivity contribution is 4.97. The van der Waals surface area contributed by atoms with Gasteiger partial charge in [0.05, 0.1) is 0 Å². The Bertz CT molecular complexity index is 268. The quantitative estimate of drug-likeness (QED) is 0.755. The third-order valence-corrected chi connectivity index (χ3v) is 2.12. The molecule has 0 spiro atoms. The van der Waals surface area contributed by atoms with Crippen LogP contribution in [0, 0.1) is 0 Å². The standard InChI is InChI=1S/C9H17N3O/c1-4-9(2,10)7-13-8-11-5-6-12(8)3/h5-6H,4,7,10H2,1-3H3. The number of hydrogen-bond acceptors (Lipinski definition) is 3. The van der Waals surface area contributed by atoms with Crippen LogP contribution in [0.1, 0.15) is 20.3 Å². The van der Waals surface area contributed by atoms with E-state index in [1.807, 2.05) is 31.7 Å². The zero-order valence-electron chi connectivity index (χ0n) is 8.45. The number of imidazole rings is 1. The molecule has 0 aliphatic heterocycles. The first-order valence-corrected chi connectivity index (χ1v) is 4.44. The van der Waals surface area contributed by atoms with Crippen molar-refractivity contribution in [3.8, 4) is 6.01 Å². The van der Waals surface area contributed by atoms with Crippen molar-refractivity contribution >= 4 is 0 Å². The molecule has 74 valence electrons. The zero-order valence-corrected chi connectivity index (χ0v) is 8.45. The Kier molecular flexibility index (Phi) is 2.93. The molecule has 4 nitrogen and oxygen atoms in total. The van der Waals surface area contributed by atoms with Crippen molar-refractivity contribution in [2.75, 3.05) is 6.61 Å². The lowest BCUT2D eigenvalue weighted by atomic mass is 10.0. The van der Waals surface area contributed by atoms with E-state index in [-0.39, 0.29) is 5.54 Å². The van der Waals surface area contributed by atoms with Crippen LogP contribution in [0.25, 0.3) is 0 Å². The van der Waals surface area contributed by atoms with Gasteiger partial charge in [-0.2, -0.15) is 0 Å². The van der Waals surface area contributed by atoms with Crippen molar-refractivity contribution in [3.05, 3.63) is 12.4 Å². The lowest BCUT2D eigenvalue weighted by Crippen LogP contribution is -2.41. The fourth-order valence-corrected chi connectivity index (χ4v) is 0.822. The van der Waals surface area contributed by atoms with Gasteiger partial charge in [-0.05, 0) is 13.3 Å². The van der Waals surface area contributed by atoms with Crippen molar-refractivity contribution in [2.24, 2.45) is 12.8 Å². The van der Waals surface area contributed by atoms with E-state index in [1.165, 1.54) is 0 Å². The third kappa shape index (κ3) is 2.73. The van der Waals surface area contributed by atoms with E-state index in [1.54, 1.807) is 6.20 Å². The molecule has 1 unspecified atom stereocenters. The smallest absolute Gasteiger partial charge is 0.296 e. The van der Waals surface area contributed by atoms with Crippen LogP contribution in [0.4, 0.5) is 0 Å². The summed E-state index contributed by atoms with van der Waals surface area (Å²) < 4.78 is 7.28. The van der Waals surface area contributed by atoms with E-state index in [2.05, 4.69) is 4.98 Å². The molecule has 0 saturated heterocycles. The van der Waals surface area contributed by atoms with Gasteiger partial charge in [0, 0.05) is 25.0 Å². The van der Waals surface area contributed by atoms with E-state index in [9.17, 15) is 0 Å². The van der Waals surface area contributed by atoms with E-state index in [4.69, 9.17) is 10.5 Å². The number of aromatic nitrogens is 2.